The summed E-state index contributed by atoms with van der Waals surface area (Å²) in [6.45, 7) is 0.787. The summed E-state index contributed by atoms with van der Waals surface area (Å²) in [5.41, 5.74) is 1.11. The van der Waals surface area contributed by atoms with Crippen molar-refractivity contribution in [3.05, 3.63) is 29.8 Å². The maximum atomic E-state index is 12.2. The number of nitrogens with one attached hydrogen (secondary N) is 2. The zero-order valence-corrected chi connectivity index (χ0v) is 13.0. The molecule has 23 heavy (non-hydrogen) atoms. The zero-order valence-electron chi connectivity index (χ0n) is 13.0. The van der Waals surface area contributed by atoms with Crippen LogP contribution in [0.3, 0.4) is 0 Å². The van der Waals surface area contributed by atoms with E-state index in [1.807, 2.05) is 24.3 Å². The van der Waals surface area contributed by atoms with E-state index in [2.05, 4.69) is 10.6 Å². The summed E-state index contributed by atoms with van der Waals surface area (Å²) in [6, 6.07) is 6.59. The Kier molecular flexibility index (Phi) is 4.49. The second-order valence-electron chi connectivity index (χ2n) is 5.91. The lowest BCUT2D eigenvalue weighted by molar-refractivity contribution is -0.148. The lowest BCUT2D eigenvalue weighted by atomic mass is 10.1. The van der Waals surface area contributed by atoms with Gasteiger partial charge in [0.25, 0.3) is 0 Å². The maximum absolute atomic E-state index is 12.2. The molecule has 2 fully saturated rings. The number of benzene rings is 1. The molecule has 1 aromatic rings. The highest BCUT2D eigenvalue weighted by Crippen LogP contribution is 2.23. The largest absolute Gasteiger partial charge is 0.497 e. The van der Waals surface area contributed by atoms with Crippen LogP contribution in [0.5, 0.6) is 5.75 Å². The van der Waals surface area contributed by atoms with Gasteiger partial charge in [0.2, 0.25) is 11.8 Å². The van der Waals surface area contributed by atoms with E-state index in [4.69, 9.17) is 4.74 Å². The molecule has 7 nitrogen and oxygen atoms in total. The summed E-state index contributed by atoms with van der Waals surface area (Å²) in [7, 11) is 1.63. The topological polar surface area (TPSA) is 90.9 Å². The first-order valence-corrected chi connectivity index (χ1v) is 7.70. The third kappa shape index (κ3) is 3.16. The molecule has 1 aromatic carbocycles. The number of hydrogen-bond donors (Lipinski definition) is 3. The zero-order chi connectivity index (χ0) is 16.4. The molecular formula is C16H21N3O4. The van der Waals surface area contributed by atoms with E-state index in [0.29, 0.717) is 19.5 Å². The van der Waals surface area contributed by atoms with Crippen molar-refractivity contribution in [3.8, 4) is 5.75 Å². The summed E-state index contributed by atoms with van der Waals surface area (Å²) in [6.07, 6.45) is 0.589. The lowest BCUT2D eigenvalue weighted by Crippen LogP contribution is -2.62. The van der Waals surface area contributed by atoms with Crippen LogP contribution in [0.15, 0.2) is 24.3 Å². The fraction of sp³-hybridized carbons (Fsp3) is 0.500. The molecule has 0 unspecified atom stereocenters. The Morgan fingerprint density at radius 1 is 1.35 bits per heavy atom. The highest BCUT2D eigenvalue weighted by atomic mass is 16.5. The smallest absolute Gasteiger partial charge is 0.248 e. The molecule has 3 rings (SSSR count). The molecule has 2 amide bonds. The molecule has 3 N–H and O–H groups in total. The SMILES string of the molecule is COc1ccc(CN[C@H]2C[C@H]3C(=O)N[C@H](CO)C(=O)N3C2)cc1. The highest BCUT2D eigenvalue weighted by Gasteiger charge is 2.45. The Morgan fingerprint density at radius 3 is 2.74 bits per heavy atom. The molecule has 7 heteroatoms. The number of aliphatic hydroxyl groups excluding tert-OH is 1. The molecule has 124 valence electrons. The average Bonchev–Trinajstić information content (AvgIpc) is 3.02. The van der Waals surface area contributed by atoms with Gasteiger partial charge in [0.1, 0.15) is 17.8 Å². The normalized spacial score (nSPS) is 26.9. The molecule has 2 heterocycles. The summed E-state index contributed by atoms with van der Waals surface area (Å²) in [5, 5.41) is 15.1. The number of aliphatic hydroxyl groups is 1. The van der Waals surface area contributed by atoms with Crippen LogP contribution in [-0.4, -0.2) is 60.2 Å². The quantitative estimate of drug-likeness (QED) is 0.664. The minimum atomic E-state index is -0.806. The van der Waals surface area contributed by atoms with E-state index < -0.39 is 12.1 Å². The minimum Gasteiger partial charge on any atom is -0.497 e. The van der Waals surface area contributed by atoms with E-state index in [1.54, 1.807) is 12.0 Å². The molecule has 0 aliphatic carbocycles. The Labute approximate surface area is 134 Å². The van der Waals surface area contributed by atoms with Gasteiger partial charge >= 0.3 is 0 Å². The third-order valence-corrected chi connectivity index (χ3v) is 4.44. The first-order chi connectivity index (χ1) is 11.1. The number of nitrogens with zero attached hydrogens (tertiary/aromatic N) is 1. The van der Waals surface area contributed by atoms with Gasteiger partial charge in [-0.25, -0.2) is 0 Å². The van der Waals surface area contributed by atoms with Crippen LogP contribution in [0.2, 0.25) is 0 Å². The van der Waals surface area contributed by atoms with Crippen LogP contribution in [0, 0.1) is 0 Å². The molecular weight excluding hydrogens is 298 g/mol. The molecule has 0 bridgehead atoms. The molecule has 0 saturated carbocycles. The van der Waals surface area contributed by atoms with Gasteiger partial charge in [0.05, 0.1) is 13.7 Å². The number of hydrogen-bond acceptors (Lipinski definition) is 5. The van der Waals surface area contributed by atoms with E-state index in [9.17, 15) is 14.7 Å². The molecule has 2 aliphatic heterocycles. The molecule has 2 aliphatic rings. The molecule has 0 spiro atoms. The number of carbonyl (C=O) groups is 2. The Hall–Kier alpha value is -2.12. The maximum Gasteiger partial charge on any atom is 0.248 e. The minimum absolute atomic E-state index is 0.0641. The summed E-state index contributed by atoms with van der Waals surface area (Å²) in [5.74, 6) is 0.423. The van der Waals surface area contributed by atoms with Gasteiger partial charge in [0.15, 0.2) is 0 Å². The second-order valence-corrected chi connectivity index (χ2v) is 5.91. The van der Waals surface area contributed by atoms with Crippen LogP contribution >= 0.6 is 0 Å². The van der Waals surface area contributed by atoms with Crippen molar-refractivity contribution in [2.75, 3.05) is 20.3 Å². The number of ether oxygens (including phenoxy) is 1. The fourth-order valence-corrected chi connectivity index (χ4v) is 3.14. The van der Waals surface area contributed by atoms with Crippen molar-refractivity contribution in [2.24, 2.45) is 0 Å². The molecule has 3 atom stereocenters. The Balaban J connectivity index is 1.58. The van der Waals surface area contributed by atoms with Crippen molar-refractivity contribution < 1.29 is 19.4 Å². The van der Waals surface area contributed by atoms with Crippen molar-refractivity contribution in [3.63, 3.8) is 0 Å². The second kappa shape index (κ2) is 6.55. The number of fused-ring (bicyclic) bond motifs is 1. The molecule has 0 aromatic heterocycles. The van der Waals surface area contributed by atoms with Crippen LogP contribution in [0.4, 0.5) is 0 Å². The van der Waals surface area contributed by atoms with E-state index in [0.717, 1.165) is 11.3 Å². The fourth-order valence-electron chi connectivity index (χ4n) is 3.14. The van der Waals surface area contributed by atoms with Gasteiger partial charge in [-0.1, -0.05) is 12.1 Å². The monoisotopic (exact) mass is 319 g/mol. The van der Waals surface area contributed by atoms with Gasteiger partial charge in [-0.15, -0.1) is 0 Å². The molecule has 2 saturated heterocycles. The van der Waals surface area contributed by atoms with Gasteiger partial charge < -0.3 is 25.4 Å². The third-order valence-electron chi connectivity index (χ3n) is 4.44. The van der Waals surface area contributed by atoms with Gasteiger partial charge in [-0.05, 0) is 24.1 Å². The first-order valence-electron chi connectivity index (χ1n) is 7.70. The number of piperazine rings is 1. The lowest BCUT2D eigenvalue weighted by Gasteiger charge is -2.33. The first kappa shape index (κ1) is 15.8. The number of carbonyl (C=O) groups excluding carboxylic acids is 2. The number of methoxy groups -OCH3 is 1. The Morgan fingerprint density at radius 2 is 2.09 bits per heavy atom. The van der Waals surface area contributed by atoms with Crippen LogP contribution in [0.25, 0.3) is 0 Å². The van der Waals surface area contributed by atoms with Gasteiger partial charge in [-0.2, -0.15) is 0 Å². The Bertz CT molecular complexity index is 589. The molecule has 0 radical (unpaired) electrons. The van der Waals surface area contributed by atoms with Crippen LogP contribution in [0.1, 0.15) is 12.0 Å². The van der Waals surface area contributed by atoms with Crippen molar-refractivity contribution in [1.82, 2.24) is 15.5 Å². The average molecular weight is 319 g/mol. The van der Waals surface area contributed by atoms with E-state index in [1.165, 1.54) is 0 Å². The van der Waals surface area contributed by atoms with Crippen LogP contribution < -0.4 is 15.4 Å². The summed E-state index contributed by atoms with van der Waals surface area (Å²) < 4.78 is 5.13. The highest BCUT2D eigenvalue weighted by molar-refractivity contribution is 5.97. The summed E-state index contributed by atoms with van der Waals surface area (Å²) >= 11 is 0. The van der Waals surface area contributed by atoms with Gasteiger partial charge in [0, 0.05) is 19.1 Å². The number of rotatable bonds is 5. The van der Waals surface area contributed by atoms with E-state index >= 15 is 0 Å². The standard InChI is InChI=1S/C16H21N3O4/c1-23-12-4-2-10(3-5-12)7-17-11-6-14-15(21)18-13(9-20)16(22)19(14)8-11/h2-5,11,13-14,17,20H,6-9H2,1H3,(H,18,21)/t11-,13+,14-/m0/s1. The predicted octanol–water partition coefficient (Wildman–Crippen LogP) is -0.755. The van der Waals surface area contributed by atoms with Crippen molar-refractivity contribution in [1.29, 1.82) is 0 Å². The van der Waals surface area contributed by atoms with Crippen molar-refractivity contribution in [2.45, 2.75) is 31.1 Å². The van der Waals surface area contributed by atoms with Crippen LogP contribution in [-0.2, 0) is 16.1 Å². The van der Waals surface area contributed by atoms with E-state index in [-0.39, 0.29) is 24.5 Å². The van der Waals surface area contributed by atoms with Crippen molar-refractivity contribution >= 4 is 11.8 Å². The predicted molar refractivity (Wildman–Crippen MR) is 82.8 cm³/mol. The number of amides is 2. The summed E-state index contributed by atoms with van der Waals surface area (Å²) in [4.78, 5) is 25.8. The van der Waals surface area contributed by atoms with Gasteiger partial charge in [-0.3, -0.25) is 9.59 Å².